The molecule has 2 fully saturated rings. The van der Waals surface area contributed by atoms with E-state index in [1.807, 2.05) is 4.90 Å². The molecule has 1 unspecified atom stereocenters. The van der Waals surface area contributed by atoms with Gasteiger partial charge in [0.05, 0.1) is 13.2 Å². The molecule has 9 nitrogen and oxygen atoms in total. The number of morpholine rings is 1. The third kappa shape index (κ3) is 3.97. The first-order chi connectivity index (χ1) is 13.1. The average Bonchev–Trinajstić information content (AvgIpc) is 3.29. The second-order valence-corrected chi connectivity index (χ2v) is 7.85. The molecular weight excluding hydrogens is 368 g/mol. The first-order valence-corrected chi connectivity index (χ1v) is 10.2. The molecule has 4 heterocycles. The fourth-order valence-corrected chi connectivity index (χ4v) is 4.60. The van der Waals surface area contributed by atoms with Crippen LogP contribution < -0.4 is 15.8 Å². The predicted molar refractivity (Wildman–Crippen MR) is 103 cm³/mol. The summed E-state index contributed by atoms with van der Waals surface area (Å²) in [5.41, 5.74) is 0.486. The van der Waals surface area contributed by atoms with Crippen molar-refractivity contribution >= 4 is 27.3 Å². The number of ether oxygens (including phenoxy) is 1. The molecule has 10 heteroatoms. The largest absolute Gasteiger partial charge is 0.379 e. The van der Waals surface area contributed by atoms with E-state index in [1.165, 1.54) is 21.9 Å². The van der Waals surface area contributed by atoms with E-state index in [0.717, 1.165) is 52.2 Å². The Morgan fingerprint density at radius 3 is 3.00 bits per heavy atom. The molecule has 2 aliphatic heterocycles. The standard InChI is InChI=1S/C17H24N6O3S/c1-12-11-14(24)23-16(19-12)27-17(20-23)22-5-2-3-13(22)15(25)18-4-6-21-7-9-26-10-8-21/h11,13H,2-10H2,1H3,(H,18,25). The molecule has 0 bridgehead atoms. The molecule has 2 aromatic heterocycles. The lowest BCUT2D eigenvalue weighted by Gasteiger charge is -2.27. The number of aryl methyl sites for hydroxylation is 1. The van der Waals surface area contributed by atoms with Gasteiger partial charge in [-0.1, -0.05) is 11.3 Å². The van der Waals surface area contributed by atoms with Crippen molar-refractivity contribution in [1.29, 1.82) is 0 Å². The van der Waals surface area contributed by atoms with E-state index in [4.69, 9.17) is 4.74 Å². The summed E-state index contributed by atoms with van der Waals surface area (Å²) in [6.45, 7) is 7.36. The van der Waals surface area contributed by atoms with Crippen molar-refractivity contribution in [1.82, 2.24) is 24.8 Å². The number of rotatable bonds is 5. The predicted octanol–water partition coefficient (Wildman–Crippen LogP) is -0.123. The number of carbonyl (C=O) groups excluding carboxylic acids is 1. The lowest BCUT2D eigenvalue weighted by Crippen LogP contribution is -2.46. The molecule has 2 saturated heterocycles. The van der Waals surface area contributed by atoms with Crippen molar-refractivity contribution in [3.05, 3.63) is 22.1 Å². The summed E-state index contributed by atoms with van der Waals surface area (Å²) in [5.74, 6) is 0.0245. The van der Waals surface area contributed by atoms with Crippen LogP contribution in [0.15, 0.2) is 10.9 Å². The van der Waals surface area contributed by atoms with E-state index in [9.17, 15) is 9.59 Å². The van der Waals surface area contributed by atoms with Crippen LogP contribution in [0.3, 0.4) is 0 Å². The van der Waals surface area contributed by atoms with Crippen LogP contribution in [0.4, 0.5) is 5.13 Å². The van der Waals surface area contributed by atoms with Gasteiger partial charge in [-0.05, 0) is 19.8 Å². The summed E-state index contributed by atoms with van der Waals surface area (Å²) in [5, 5.41) is 8.14. The Hall–Kier alpha value is -2.04. The number of aromatic nitrogens is 3. The molecule has 0 aromatic carbocycles. The van der Waals surface area contributed by atoms with Crippen molar-refractivity contribution < 1.29 is 9.53 Å². The Kier molecular flexibility index (Phi) is 5.37. The summed E-state index contributed by atoms with van der Waals surface area (Å²) in [6, 6.07) is 1.23. The van der Waals surface area contributed by atoms with Crippen LogP contribution in [0.1, 0.15) is 18.5 Å². The number of fused-ring (bicyclic) bond motifs is 1. The summed E-state index contributed by atoms with van der Waals surface area (Å²) in [6.07, 6.45) is 1.72. The van der Waals surface area contributed by atoms with Gasteiger partial charge in [-0.15, -0.1) is 5.10 Å². The molecule has 2 aromatic rings. The number of nitrogens with zero attached hydrogens (tertiary/aromatic N) is 5. The highest BCUT2D eigenvalue weighted by molar-refractivity contribution is 7.20. The van der Waals surface area contributed by atoms with Gasteiger partial charge in [-0.25, -0.2) is 4.98 Å². The maximum atomic E-state index is 12.7. The van der Waals surface area contributed by atoms with Crippen molar-refractivity contribution in [3.63, 3.8) is 0 Å². The molecule has 0 saturated carbocycles. The zero-order valence-corrected chi connectivity index (χ0v) is 16.2. The summed E-state index contributed by atoms with van der Waals surface area (Å²) in [7, 11) is 0. The van der Waals surface area contributed by atoms with Gasteiger partial charge < -0.3 is 15.0 Å². The zero-order chi connectivity index (χ0) is 18.8. The second kappa shape index (κ2) is 7.91. The first-order valence-electron chi connectivity index (χ1n) is 9.34. The van der Waals surface area contributed by atoms with Gasteiger partial charge in [0.2, 0.25) is 16.0 Å². The van der Waals surface area contributed by atoms with Crippen molar-refractivity contribution in [3.8, 4) is 0 Å². The van der Waals surface area contributed by atoms with Crippen LogP contribution in [0.25, 0.3) is 4.96 Å². The molecule has 1 amide bonds. The summed E-state index contributed by atoms with van der Waals surface area (Å²) < 4.78 is 6.66. The summed E-state index contributed by atoms with van der Waals surface area (Å²) in [4.78, 5) is 34.0. The number of hydrogen-bond donors (Lipinski definition) is 1. The van der Waals surface area contributed by atoms with Gasteiger partial charge in [0, 0.05) is 44.5 Å². The maximum Gasteiger partial charge on any atom is 0.275 e. The SMILES string of the molecule is Cc1cc(=O)n2nc(N3CCCC3C(=O)NCCN3CCOCC3)sc2n1. The van der Waals surface area contributed by atoms with E-state index >= 15 is 0 Å². The highest BCUT2D eigenvalue weighted by Gasteiger charge is 2.33. The van der Waals surface area contributed by atoms with Gasteiger partial charge >= 0.3 is 0 Å². The zero-order valence-electron chi connectivity index (χ0n) is 15.4. The van der Waals surface area contributed by atoms with Crippen LogP contribution >= 0.6 is 11.3 Å². The molecule has 1 atom stereocenters. The molecule has 2 aliphatic rings. The summed E-state index contributed by atoms with van der Waals surface area (Å²) >= 11 is 1.36. The lowest BCUT2D eigenvalue weighted by atomic mass is 10.2. The normalized spacial score (nSPS) is 21.1. The highest BCUT2D eigenvalue weighted by atomic mass is 32.1. The van der Waals surface area contributed by atoms with E-state index < -0.39 is 0 Å². The Labute approximate surface area is 160 Å². The van der Waals surface area contributed by atoms with Crippen LogP contribution in [0.2, 0.25) is 0 Å². The fourth-order valence-electron chi connectivity index (χ4n) is 3.57. The fraction of sp³-hybridized carbons (Fsp3) is 0.647. The van der Waals surface area contributed by atoms with Crippen molar-refractivity contribution in [2.75, 3.05) is 50.8 Å². The van der Waals surface area contributed by atoms with Gasteiger partial charge in [0.1, 0.15) is 6.04 Å². The number of hydrogen-bond acceptors (Lipinski definition) is 8. The molecule has 27 heavy (non-hydrogen) atoms. The van der Waals surface area contributed by atoms with Crippen LogP contribution in [0, 0.1) is 6.92 Å². The molecule has 0 radical (unpaired) electrons. The quantitative estimate of drug-likeness (QED) is 0.758. The van der Waals surface area contributed by atoms with Crippen molar-refractivity contribution in [2.24, 2.45) is 0 Å². The number of carbonyl (C=O) groups is 1. The maximum absolute atomic E-state index is 12.7. The van der Waals surface area contributed by atoms with E-state index in [-0.39, 0.29) is 17.5 Å². The Morgan fingerprint density at radius 1 is 1.37 bits per heavy atom. The van der Waals surface area contributed by atoms with E-state index in [0.29, 0.717) is 22.3 Å². The molecule has 0 aliphatic carbocycles. The third-order valence-electron chi connectivity index (χ3n) is 4.99. The van der Waals surface area contributed by atoms with Gasteiger partial charge in [-0.2, -0.15) is 4.52 Å². The van der Waals surface area contributed by atoms with Crippen LogP contribution in [-0.2, 0) is 9.53 Å². The minimum atomic E-state index is -0.243. The highest BCUT2D eigenvalue weighted by Crippen LogP contribution is 2.29. The number of nitrogens with one attached hydrogen (secondary N) is 1. The first kappa shape index (κ1) is 18.3. The number of amides is 1. The van der Waals surface area contributed by atoms with Gasteiger partial charge in [0.25, 0.3) is 5.56 Å². The lowest BCUT2D eigenvalue weighted by molar-refractivity contribution is -0.122. The molecule has 0 spiro atoms. The smallest absolute Gasteiger partial charge is 0.275 e. The monoisotopic (exact) mass is 392 g/mol. The van der Waals surface area contributed by atoms with Crippen LogP contribution in [-0.4, -0.2) is 77.4 Å². The van der Waals surface area contributed by atoms with Crippen molar-refractivity contribution in [2.45, 2.75) is 25.8 Å². The Morgan fingerprint density at radius 2 is 2.19 bits per heavy atom. The van der Waals surface area contributed by atoms with E-state index in [1.54, 1.807) is 6.92 Å². The van der Waals surface area contributed by atoms with Gasteiger partial charge in [0.15, 0.2) is 0 Å². The topological polar surface area (TPSA) is 92.1 Å². The van der Waals surface area contributed by atoms with Crippen LogP contribution in [0.5, 0.6) is 0 Å². The van der Waals surface area contributed by atoms with Gasteiger partial charge in [-0.3, -0.25) is 14.5 Å². The average molecular weight is 392 g/mol. The second-order valence-electron chi connectivity index (χ2n) is 6.91. The molecular formula is C17H24N6O3S. The Bertz CT molecular complexity index is 875. The molecule has 1 N–H and O–H groups in total. The minimum absolute atomic E-state index is 0.0245. The Balaban J connectivity index is 1.41. The third-order valence-corrected chi connectivity index (χ3v) is 5.94. The minimum Gasteiger partial charge on any atom is -0.379 e. The molecule has 4 rings (SSSR count). The number of anilines is 1. The molecule has 146 valence electrons. The van der Waals surface area contributed by atoms with E-state index in [2.05, 4.69) is 20.3 Å².